The second-order valence-corrected chi connectivity index (χ2v) is 12.7. The second kappa shape index (κ2) is 8.53. The summed E-state index contributed by atoms with van der Waals surface area (Å²) in [6, 6.07) is 0. The summed E-state index contributed by atoms with van der Waals surface area (Å²) in [7, 11) is 0. The van der Waals surface area contributed by atoms with Crippen LogP contribution in [0.3, 0.4) is 0 Å². The minimum atomic E-state index is -4.59. The largest absolute Gasteiger partial charge is 0.417 e. The van der Waals surface area contributed by atoms with Crippen LogP contribution in [0.15, 0.2) is 0 Å². The molecule has 0 radical (unpaired) electrons. The van der Waals surface area contributed by atoms with Crippen LogP contribution in [0.5, 0.6) is 0 Å². The van der Waals surface area contributed by atoms with Gasteiger partial charge in [0.25, 0.3) is 0 Å². The highest BCUT2D eigenvalue weighted by molar-refractivity contribution is 5.11. The number of fused-ring (bicyclic) bond motifs is 5. The third-order valence-corrected chi connectivity index (χ3v) is 11.3. The molecule has 4 aliphatic rings. The topological polar surface area (TPSA) is 40.5 Å². The molecule has 0 aromatic heterocycles. The second-order valence-electron chi connectivity index (χ2n) is 12.7. The SMILES string of the molecule is C[C@H](CC[C@@H](O)C(F)(F)F)[C@H]1CC[C@H]2[C@@H]3CC[C@H]4C[C@](O)(C(F)(F)F)CC[C@]4(C)[C@H]3CC[C@]12C. The van der Waals surface area contributed by atoms with Crippen LogP contribution in [-0.4, -0.2) is 34.3 Å². The van der Waals surface area contributed by atoms with E-state index >= 15 is 0 Å². The minimum absolute atomic E-state index is 0.0360. The fourth-order valence-electron chi connectivity index (χ4n) is 9.26. The van der Waals surface area contributed by atoms with Gasteiger partial charge in [-0.05, 0) is 117 Å². The zero-order valence-electron chi connectivity index (χ0n) is 20.5. The lowest BCUT2D eigenvalue weighted by Gasteiger charge is -2.62. The van der Waals surface area contributed by atoms with Crippen molar-refractivity contribution in [3.63, 3.8) is 0 Å². The van der Waals surface area contributed by atoms with Gasteiger partial charge in [-0.25, -0.2) is 0 Å². The maximum Gasteiger partial charge on any atom is 0.417 e. The van der Waals surface area contributed by atoms with Crippen LogP contribution in [0.4, 0.5) is 26.3 Å². The van der Waals surface area contributed by atoms with E-state index in [2.05, 4.69) is 13.8 Å². The quantitative estimate of drug-likeness (QED) is 0.400. The Morgan fingerprint density at radius 1 is 0.824 bits per heavy atom. The van der Waals surface area contributed by atoms with Gasteiger partial charge in [0.2, 0.25) is 0 Å². The Bertz CT molecular complexity index is 753. The highest BCUT2D eigenvalue weighted by Gasteiger charge is 2.65. The first-order valence-electron chi connectivity index (χ1n) is 13.1. The van der Waals surface area contributed by atoms with Crippen LogP contribution in [0.25, 0.3) is 0 Å². The summed E-state index contributed by atoms with van der Waals surface area (Å²) < 4.78 is 78.9. The summed E-state index contributed by atoms with van der Waals surface area (Å²) in [5.74, 6) is 1.52. The number of hydrogen-bond donors (Lipinski definition) is 2. The number of aliphatic hydroxyl groups excluding tert-OH is 1. The van der Waals surface area contributed by atoms with Crippen molar-refractivity contribution in [3.8, 4) is 0 Å². The number of hydrogen-bond acceptors (Lipinski definition) is 2. The smallest absolute Gasteiger partial charge is 0.384 e. The zero-order valence-corrected chi connectivity index (χ0v) is 20.5. The Morgan fingerprint density at radius 2 is 1.47 bits per heavy atom. The summed E-state index contributed by atoms with van der Waals surface area (Å²) in [5.41, 5.74) is -2.72. The van der Waals surface area contributed by atoms with Crippen molar-refractivity contribution in [1.29, 1.82) is 0 Å². The minimum Gasteiger partial charge on any atom is -0.384 e. The summed E-state index contributed by atoms with van der Waals surface area (Å²) >= 11 is 0. The molecule has 0 amide bonds. The van der Waals surface area contributed by atoms with Gasteiger partial charge in [-0.1, -0.05) is 20.8 Å². The van der Waals surface area contributed by atoms with Crippen LogP contribution >= 0.6 is 0 Å². The number of halogens is 6. The Morgan fingerprint density at radius 3 is 2.09 bits per heavy atom. The van der Waals surface area contributed by atoms with Gasteiger partial charge in [-0.15, -0.1) is 0 Å². The maximum absolute atomic E-state index is 13.5. The van der Waals surface area contributed by atoms with E-state index in [1.54, 1.807) is 0 Å². The van der Waals surface area contributed by atoms with Gasteiger partial charge in [0, 0.05) is 0 Å². The molecular weight excluding hydrogens is 458 g/mol. The average molecular weight is 499 g/mol. The van der Waals surface area contributed by atoms with Crippen LogP contribution in [0.2, 0.25) is 0 Å². The van der Waals surface area contributed by atoms with E-state index < -0.39 is 24.1 Å². The van der Waals surface area contributed by atoms with Crippen molar-refractivity contribution >= 4 is 0 Å². The molecule has 0 aliphatic heterocycles. The molecule has 0 aromatic carbocycles. The highest BCUT2D eigenvalue weighted by Crippen LogP contribution is 2.69. The van der Waals surface area contributed by atoms with Gasteiger partial charge >= 0.3 is 12.4 Å². The molecule has 2 nitrogen and oxygen atoms in total. The number of rotatable bonds is 4. The molecule has 2 N–H and O–H groups in total. The van der Waals surface area contributed by atoms with E-state index in [0.717, 1.165) is 32.1 Å². The maximum atomic E-state index is 13.5. The van der Waals surface area contributed by atoms with Crippen LogP contribution in [-0.2, 0) is 0 Å². The predicted molar refractivity (Wildman–Crippen MR) is 117 cm³/mol. The summed E-state index contributed by atoms with van der Waals surface area (Å²) in [6.07, 6.45) is -5.89. The first kappa shape index (κ1) is 26.6. The van der Waals surface area contributed by atoms with Crippen molar-refractivity contribution in [2.24, 2.45) is 46.3 Å². The molecule has 0 saturated heterocycles. The summed E-state index contributed by atoms with van der Waals surface area (Å²) in [4.78, 5) is 0. The summed E-state index contributed by atoms with van der Waals surface area (Å²) in [5, 5.41) is 19.8. The zero-order chi connectivity index (χ0) is 25.3. The van der Waals surface area contributed by atoms with Crippen molar-refractivity contribution in [2.45, 2.75) is 115 Å². The normalized spacial score (nSPS) is 46.9. The molecule has 0 bridgehead atoms. The Hall–Kier alpha value is -0.500. The molecule has 4 saturated carbocycles. The lowest BCUT2D eigenvalue weighted by molar-refractivity contribution is -0.290. The molecule has 0 aromatic rings. The van der Waals surface area contributed by atoms with Gasteiger partial charge in [-0.3, -0.25) is 0 Å². The van der Waals surface area contributed by atoms with Gasteiger partial charge in [-0.2, -0.15) is 26.3 Å². The van der Waals surface area contributed by atoms with Gasteiger partial charge < -0.3 is 10.2 Å². The molecule has 0 unspecified atom stereocenters. The van der Waals surface area contributed by atoms with Crippen LogP contribution in [0, 0.1) is 46.3 Å². The molecule has 4 aliphatic carbocycles. The third kappa shape index (κ3) is 4.20. The lowest BCUT2D eigenvalue weighted by Crippen LogP contribution is -2.59. The van der Waals surface area contributed by atoms with Crippen LogP contribution < -0.4 is 0 Å². The predicted octanol–water partition coefficient (Wildman–Crippen LogP) is 7.28. The highest BCUT2D eigenvalue weighted by atomic mass is 19.4. The molecular formula is C26H40F6O2. The van der Waals surface area contributed by atoms with E-state index in [4.69, 9.17) is 0 Å². The van der Waals surface area contributed by atoms with Gasteiger partial charge in [0.05, 0.1) is 0 Å². The van der Waals surface area contributed by atoms with Gasteiger partial charge in [0.15, 0.2) is 5.60 Å². The molecule has 0 heterocycles. The van der Waals surface area contributed by atoms with Crippen molar-refractivity contribution in [2.75, 3.05) is 0 Å². The fourth-order valence-corrected chi connectivity index (χ4v) is 9.26. The third-order valence-electron chi connectivity index (χ3n) is 11.3. The molecule has 198 valence electrons. The van der Waals surface area contributed by atoms with E-state index in [-0.39, 0.29) is 41.9 Å². The fraction of sp³-hybridized carbons (Fsp3) is 1.00. The average Bonchev–Trinajstić information content (AvgIpc) is 3.08. The number of alkyl halides is 6. The van der Waals surface area contributed by atoms with Gasteiger partial charge in [0.1, 0.15) is 6.10 Å². The lowest BCUT2D eigenvalue weighted by atomic mass is 9.43. The monoisotopic (exact) mass is 498 g/mol. The Kier molecular flexibility index (Phi) is 6.66. The molecule has 4 rings (SSSR count). The van der Waals surface area contributed by atoms with Crippen molar-refractivity contribution in [3.05, 3.63) is 0 Å². The molecule has 8 heteroatoms. The molecule has 34 heavy (non-hydrogen) atoms. The van der Waals surface area contributed by atoms with E-state index in [1.807, 2.05) is 6.92 Å². The number of aliphatic hydroxyl groups is 2. The standard InChI is InChI=1S/C26H40F6O2/c1-15(4-9-21(33)25(27,28)29)18-7-8-19-17-6-5-16-14-24(34,26(30,31)32)13-12-22(16,2)20(17)10-11-23(18,19)3/h15-21,33-34H,4-14H2,1-3H3/t15-,16+,17+,18-,19+,20+,21-,22+,23-,24+/m1/s1. The Labute approximate surface area is 198 Å². The molecule has 0 spiro atoms. The van der Waals surface area contributed by atoms with E-state index in [1.165, 1.54) is 0 Å². The Balaban J connectivity index is 1.46. The molecule has 4 fully saturated rings. The van der Waals surface area contributed by atoms with Crippen molar-refractivity contribution in [1.82, 2.24) is 0 Å². The van der Waals surface area contributed by atoms with E-state index in [9.17, 15) is 36.6 Å². The first-order valence-corrected chi connectivity index (χ1v) is 13.1. The van der Waals surface area contributed by atoms with E-state index in [0.29, 0.717) is 42.9 Å². The molecule has 10 atom stereocenters. The first-order chi connectivity index (χ1) is 15.5. The van der Waals surface area contributed by atoms with Crippen LogP contribution in [0.1, 0.15) is 91.4 Å². The van der Waals surface area contributed by atoms with Crippen molar-refractivity contribution < 1.29 is 36.6 Å². The summed E-state index contributed by atoms with van der Waals surface area (Å²) in [6.45, 7) is 6.46.